The van der Waals surface area contributed by atoms with Gasteiger partial charge in [-0.3, -0.25) is 9.59 Å². The number of hydrogen-bond donors (Lipinski definition) is 0. The first-order valence-corrected chi connectivity index (χ1v) is 8.30. The second kappa shape index (κ2) is 9.47. The van der Waals surface area contributed by atoms with E-state index in [1.807, 2.05) is 36.4 Å². The Labute approximate surface area is 148 Å². The highest BCUT2D eigenvalue weighted by Crippen LogP contribution is 2.09. The van der Waals surface area contributed by atoms with E-state index >= 15 is 0 Å². The van der Waals surface area contributed by atoms with Crippen molar-refractivity contribution in [2.24, 2.45) is 0 Å². The molecule has 2 rings (SSSR count). The zero-order chi connectivity index (χ0) is 18.1. The maximum atomic E-state index is 12.7. The summed E-state index contributed by atoms with van der Waals surface area (Å²) < 4.78 is 5.38. The van der Waals surface area contributed by atoms with E-state index in [2.05, 4.69) is 6.58 Å². The van der Waals surface area contributed by atoms with Gasteiger partial charge in [0.25, 0.3) is 0 Å². The van der Waals surface area contributed by atoms with Gasteiger partial charge in [-0.05, 0) is 24.1 Å². The van der Waals surface area contributed by atoms with Crippen LogP contribution in [0.5, 0.6) is 0 Å². The summed E-state index contributed by atoms with van der Waals surface area (Å²) in [6.45, 7) is 6.43. The van der Waals surface area contributed by atoms with Crippen LogP contribution in [0.1, 0.15) is 18.2 Å². The minimum atomic E-state index is -0.144. The van der Waals surface area contributed by atoms with Crippen molar-refractivity contribution in [1.29, 1.82) is 0 Å². The predicted molar refractivity (Wildman–Crippen MR) is 96.7 cm³/mol. The van der Waals surface area contributed by atoms with Gasteiger partial charge >= 0.3 is 0 Å². The summed E-state index contributed by atoms with van der Waals surface area (Å²) in [5.74, 6) is 0.471. The van der Waals surface area contributed by atoms with Gasteiger partial charge in [-0.25, -0.2) is 0 Å². The Kier molecular flexibility index (Phi) is 7.01. The van der Waals surface area contributed by atoms with Crippen LogP contribution in [-0.4, -0.2) is 41.2 Å². The predicted octanol–water partition coefficient (Wildman–Crippen LogP) is 2.89. The molecule has 5 nitrogen and oxygen atoms in total. The van der Waals surface area contributed by atoms with Gasteiger partial charge in [-0.1, -0.05) is 36.4 Å². The average Bonchev–Trinajstić information content (AvgIpc) is 3.12. The minimum Gasteiger partial charge on any atom is -0.467 e. The molecule has 132 valence electrons. The highest BCUT2D eigenvalue weighted by Gasteiger charge is 2.19. The molecule has 0 fully saturated rings. The summed E-state index contributed by atoms with van der Waals surface area (Å²) in [6, 6.07) is 13.6. The van der Waals surface area contributed by atoms with E-state index in [0.717, 1.165) is 17.7 Å². The lowest BCUT2D eigenvalue weighted by atomic mass is 10.1. The quantitative estimate of drug-likeness (QED) is 0.660. The van der Waals surface area contributed by atoms with Crippen molar-refractivity contribution >= 4 is 11.8 Å². The van der Waals surface area contributed by atoms with Crippen LogP contribution in [-0.2, 0) is 22.6 Å². The van der Waals surface area contributed by atoms with Crippen molar-refractivity contribution in [3.8, 4) is 0 Å². The van der Waals surface area contributed by atoms with Crippen LogP contribution in [0.25, 0.3) is 0 Å². The summed E-state index contributed by atoms with van der Waals surface area (Å²) in [5, 5.41) is 0. The fraction of sp³-hybridized carbons (Fsp3) is 0.300. The van der Waals surface area contributed by atoms with Crippen molar-refractivity contribution in [2.45, 2.75) is 19.9 Å². The lowest BCUT2D eigenvalue weighted by molar-refractivity contribution is -0.139. The van der Waals surface area contributed by atoms with E-state index < -0.39 is 0 Å². The van der Waals surface area contributed by atoms with Crippen LogP contribution in [0, 0.1) is 0 Å². The van der Waals surface area contributed by atoms with E-state index in [9.17, 15) is 9.59 Å². The molecular formula is C20H24N2O3. The molecule has 2 aromatic rings. The second-order valence-corrected chi connectivity index (χ2v) is 5.82. The van der Waals surface area contributed by atoms with Gasteiger partial charge < -0.3 is 14.2 Å². The SMILES string of the molecule is C=CCN(CC(=O)N(CCc1ccccc1)Cc1ccco1)C(C)=O. The zero-order valence-electron chi connectivity index (χ0n) is 14.6. The summed E-state index contributed by atoms with van der Waals surface area (Å²) >= 11 is 0. The number of hydrogen-bond acceptors (Lipinski definition) is 3. The number of rotatable bonds is 9. The van der Waals surface area contributed by atoms with Crippen LogP contribution < -0.4 is 0 Å². The lowest BCUT2D eigenvalue weighted by Crippen LogP contribution is -2.42. The molecule has 0 spiro atoms. The molecule has 5 heteroatoms. The zero-order valence-corrected chi connectivity index (χ0v) is 14.6. The van der Waals surface area contributed by atoms with Crippen LogP contribution in [0.2, 0.25) is 0 Å². The first kappa shape index (κ1) is 18.5. The third-order valence-electron chi connectivity index (χ3n) is 3.91. The van der Waals surface area contributed by atoms with Crippen molar-refractivity contribution in [2.75, 3.05) is 19.6 Å². The van der Waals surface area contributed by atoms with E-state index in [1.54, 1.807) is 23.3 Å². The van der Waals surface area contributed by atoms with Gasteiger partial charge in [0.15, 0.2) is 0 Å². The maximum absolute atomic E-state index is 12.7. The van der Waals surface area contributed by atoms with Crippen molar-refractivity contribution < 1.29 is 14.0 Å². The lowest BCUT2D eigenvalue weighted by Gasteiger charge is -2.26. The van der Waals surface area contributed by atoms with Gasteiger partial charge in [-0.15, -0.1) is 6.58 Å². The number of nitrogens with zero attached hydrogens (tertiary/aromatic N) is 2. The topological polar surface area (TPSA) is 53.8 Å². The smallest absolute Gasteiger partial charge is 0.242 e. The summed E-state index contributed by atoms with van der Waals surface area (Å²) in [5.41, 5.74) is 1.16. The Morgan fingerprint density at radius 1 is 1.12 bits per heavy atom. The highest BCUT2D eigenvalue weighted by atomic mass is 16.3. The Bertz CT molecular complexity index is 680. The van der Waals surface area contributed by atoms with Gasteiger partial charge in [0.2, 0.25) is 11.8 Å². The highest BCUT2D eigenvalue weighted by molar-refractivity contribution is 5.84. The Hall–Kier alpha value is -2.82. The van der Waals surface area contributed by atoms with Gasteiger partial charge in [0, 0.05) is 20.0 Å². The third-order valence-corrected chi connectivity index (χ3v) is 3.91. The molecule has 0 N–H and O–H groups in total. The number of carbonyl (C=O) groups is 2. The molecule has 1 aromatic heterocycles. The Morgan fingerprint density at radius 3 is 2.48 bits per heavy atom. The maximum Gasteiger partial charge on any atom is 0.242 e. The monoisotopic (exact) mass is 340 g/mol. The number of benzene rings is 1. The molecule has 0 radical (unpaired) electrons. The fourth-order valence-corrected chi connectivity index (χ4v) is 2.51. The molecule has 0 bridgehead atoms. The first-order chi connectivity index (χ1) is 12.1. The summed E-state index contributed by atoms with van der Waals surface area (Å²) in [6.07, 6.45) is 3.96. The van der Waals surface area contributed by atoms with Crippen molar-refractivity contribution in [3.63, 3.8) is 0 Å². The molecule has 1 aromatic carbocycles. The van der Waals surface area contributed by atoms with Crippen LogP contribution >= 0.6 is 0 Å². The number of amides is 2. The van der Waals surface area contributed by atoms with E-state index in [1.165, 1.54) is 11.8 Å². The summed E-state index contributed by atoms with van der Waals surface area (Å²) in [4.78, 5) is 27.6. The second-order valence-electron chi connectivity index (χ2n) is 5.82. The van der Waals surface area contributed by atoms with Gasteiger partial charge in [-0.2, -0.15) is 0 Å². The molecule has 0 saturated carbocycles. The van der Waals surface area contributed by atoms with Crippen molar-refractivity contribution in [1.82, 2.24) is 9.80 Å². The molecule has 2 amide bonds. The molecule has 0 unspecified atom stereocenters. The molecular weight excluding hydrogens is 316 g/mol. The van der Waals surface area contributed by atoms with E-state index in [0.29, 0.717) is 19.6 Å². The molecule has 1 heterocycles. The Balaban J connectivity index is 2.05. The molecule has 0 aliphatic rings. The van der Waals surface area contributed by atoms with E-state index in [4.69, 9.17) is 4.42 Å². The van der Waals surface area contributed by atoms with Gasteiger partial charge in [0.05, 0.1) is 12.8 Å². The molecule has 25 heavy (non-hydrogen) atoms. The van der Waals surface area contributed by atoms with Crippen LogP contribution in [0.3, 0.4) is 0 Å². The summed E-state index contributed by atoms with van der Waals surface area (Å²) in [7, 11) is 0. The molecule has 0 aliphatic heterocycles. The normalized spacial score (nSPS) is 10.3. The van der Waals surface area contributed by atoms with E-state index in [-0.39, 0.29) is 18.4 Å². The third kappa shape index (κ3) is 5.95. The molecule has 0 aliphatic carbocycles. The molecule has 0 saturated heterocycles. The van der Waals surface area contributed by atoms with Crippen LogP contribution in [0.4, 0.5) is 0 Å². The Morgan fingerprint density at radius 2 is 1.88 bits per heavy atom. The van der Waals surface area contributed by atoms with Crippen LogP contribution in [0.15, 0.2) is 65.8 Å². The molecule has 0 atom stereocenters. The average molecular weight is 340 g/mol. The van der Waals surface area contributed by atoms with Gasteiger partial charge in [0.1, 0.15) is 12.3 Å². The standard InChI is InChI=1S/C20H24N2O3/c1-3-12-21(17(2)23)16-20(24)22(15-19-10-7-14-25-19)13-11-18-8-5-4-6-9-18/h3-10,14H,1,11-13,15-16H2,2H3. The van der Waals surface area contributed by atoms with Crippen molar-refractivity contribution in [3.05, 3.63) is 72.7 Å². The largest absolute Gasteiger partial charge is 0.467 e. The minimum absolute atomic E-state index is 0.0385. The number of furan rings is 1. The first-order valence-electron chi connectivity index (χ1n) is 8.30. The number of carbonyl (C=O) groups excluding carboxylic acids is 2. The fourth-order valence-electron chi connectivity index (χ4n) is 2.51.